The molecule has 24 heavy (non-hydrogen) atoms. The number of hydrogen-bond donors (Lipinski definition) is 2. The van der Waals surface area contributed by atoms with Gasteiger partial charge in [0.1, 0.15) is 0 Å². The van der Waals surface area contributed by atoms with E-state index in [4.69, 9.17) is 5.73 Å². The van der Waals surface area contributed by atoms with Crippen molar-refractivity contribution in [3.8, 4) is 0 Å². The van der Waals surface area contributed by atoms with E-state index >= 15 is 0 Å². The van der Waals surface area contributed by atoms with Gasteiger partial charge in [-0.05, 0) is 75.8 Å². The Kier molecular flexibility index (Phi) is 4.44. The molecule has 1 unspecified atom stereocenters. The van der Waals surface area contributed by atoms with E-state index in [1.807, 2.05) is 12.1 Å². The molecule has 1 atom stereocenters. The maximum atomic E-state index is 9.76. The maximum absolute atomic E-state index is 9.76. The van der Waals surface area contributed by atoms with Crippen LogP contribution in [0.5, 0.6) is 0 Å². The number of aliphatic hydroxyl groups excluding tert-OH is 1. The van der Waals surface area contributed by atoms with E-state index in [2.05, 4.69) is 21.9 Å². The van der Waals surface area contributed by atoms with Crippen molar-refractivity contribution in [1.29, 1.82) is 0 Å². The molecule has 1 saturated carbocycles. The molecule has 4 rings (SSSR count). The second kappa shape index (κ2) is 6.57. The van der Waals surface area contributed by atoms with Gasteiger partial charge in [-0.1, -0.05) is 0 Å². The van der Waals surface area contributed by atoms with Crippen molar-refractivity contribution in [3.63, 3.8) is 0 Å². The summed E-state index contributed by atoms with van der Waals surface area (Å²) in [5.74, 6) is 0. The molecule has 3 fully saturated rings. The molecule has 0 amide bonds. The zero-order valence-electron chi connectivity index (χ0n) is 14.7. The summed E-state index contributed by atoms with van der Waals surface area (Å²) >= 11 is 0. The fraction of sp³-hybridized carbons (Fsp3) is 0.700. The summed E-state index contributed by atoms with van der Waals surface area (Å²) in [6, 6.07) is 9.09. The largest absolute Gasteiger partial charge is 0.399 e. The van der Waals surface area contributed by atoms with Crippen LogP contribution in [0.1, 0.15) is 44.9 Å². The second-order valence-corrected chi connectivity index (χ2v) is 8.30. The minimum absolute atomic E-state index is 0.0477. The molecular weight excluding hydrogens is 298 g/mol. The van der Waals surface area contributed by atoms with Crippen molar-refractivity contribution >= 4 is 11.4 Å². The number of nitrogens with zero attached hydrogens (tertiary/aromatic N) is 2. The highest BCUT2D eigenvalue weighted by Crippen LogP contribution is 2.42. The van der Waals surface area contributed by atoms with E-state index in [-0.39, 0.29) is 6.10 Å². The van der Waals surface area contributed by atoms with Crippen LogP contribution in [0.4, 0.5) is 11.4 Å². The first kappa shape index (κ1) is 16.2. The Morgan fingerprint density at radius 3 is 2.46 bits per heavy atom. The fourth-order valence-corrected chi connectivity index (χ4v) is 5.15. The number of nitrogen functional groups attached to an aromatic ring is 1. The third-order valence-corrected chi connectivity index (χ3v) is 6.57. The van der Waals surface area contributed by atoms with Crippen molar-refractivity contribution < 1.29 is 5.11 Å². The smallest absolute Gasteiger partial charge is 0.0541 e. The molecule has 4 heteroatoms. The first-order valence-corrected chi connectivity index (χ1v) is 9.66. The number of anilines is 2. The molecule has 132 valence electrons. The summed E-state index contributed by atoms with van der Waals surface area (Å²) in [6.07, 6.45) is 8.28. The molecule has 1 aromatic carbocycles. The highest BCUT2D eigenvalue weighted by atomic mass is 16.3. The number of aliphatic hydroxyl groups is 1. The fourth-order valence-electron chi connectivity index (χ4n) is 5.15. The quantitative estimate of drug-likeness (QED) is 0.819. The van der Waals surface area contributed by atoms with Gasteiger partial charge >= 0.3 is 0 Å². The van der Waals surface area contributed by atoms with Crippen LogP contribution in [0, 0.1) is 5.41 Å². The first-order chi connectivity index (χ1) is 11.6. The summed E-state index contributed by atoms with van der Waals surface area (Å²) in [6.45, 7) is 4.85. The van der Waals surface area contributed by atoms with Gasteiger partial charge in [0.25, 0.3) is 0 Å². The highest BCUT2D eigenvalue weighted by molar-refractivity contribution is 5.53. The van der Waals surface area contributed by atoms with Gasteiger partial charge in [-0.25, -0.2) is 0 Å². The van der Waals surface area contributed by atoms with E-state index in [0.29, 0.717) is 11.5 Å². The molecule has 2 saturated heterocycles. The number of likely N-dealkylation sites (tertiary alicyclic amines) is 1. The monoisotopic (exact) mass is 329 g/mol. The molecule has 1 aromatic rings. The zero-order valence-corrected chi connectivity index (χ0v) is 14.7. The Morgan fingerprint density at radius 2 is 1.71 bits per heavy atom. The van der Waals surface area contributed by atoms with Crippen LogP contribution in [0.2, 0.25) is 0 Å². The van der Waals surface area contributed by atoms with Crippen molar-refractivity contribution in [2.45, 2.75) is 57.1 Å². The van der Waals surface area contributed by atoms with Crippen LogP contribution in [-0.4, -0.2) is 48.3 Å². The Labute approximate surface area is 145 Å². The van der Waals surface area contributed by atoms with Crippen LogP contribution >= 0.6 is 0 Å². The van der Waals surface area contributed by atoms with Crippen LogP contribution in [0.3, 0.4) is 0 Å². The Hall–Kier alpha value is -1.26. The summed E-state index contributed by atoms with van der Waals surface area (Å²) in [7, 11) is 0. The van der Waals surface area contributed by atoms with Gasteiger partial charge in [0.2, 0.25) is 0 Å². The molecule has 2 aliphatic heterocycles. The minimum atomic E-state index is -0.0477. The Bertz CT molecular complexity index is 553. The minimum Gasteiger partial charge on any atom is -0.399 e. The predicted molar refractivity (Wildman–Crippen MR) is 99.2 cm³/mol. The van der Waals surface area contributed by atoms with Gasteiger partial charge in [0.15, 0.2) is 0 Å². The topological polar surface area (TPSA) is 52.7 Å². The maximum Gasteiger partial charge on any atom is 0.0541 e. The number of rotatable bonds is 2. The summed E-state index contributed by atoms with van der Waals surface area (Å²) in [5.41, 5.74) is 8.47. The number of nitrogens with two attached hydrogens (primary N) is 1. The second-order valence-electron chi connectivity index (χ2n) is 8.30. The van der Waals surface area contributed by atoms with Gasteiger partial charge in [0.05, 0.1) is 6.10 Å². The predicted octanol–water partition coefficient (Wildman–Crippen LogP) is 2.86. The van der Waals surface area contributed by atoms with E-state index in [9.17, 15) is 5.11 Å². The van der Waals surface area contributed by atoms with E-state index < -0.39 is 0 Å². The third-order valence-electron chi connectivity index (χ3n) is 6.57. The molecule has 0 aromatic heterocycles. The number of hydrogen-bond acceptors (Lipinski definition) is 4. The lowest BCUT2D eigenvalue weighted by Crippen LogP contribution is -2.46. The van der Waals surface area contributed by atoms with Crippen LogP contribution in [0.25, 0.3) is 0 Å². The zero-order chi connectivity index (χ0) is 16.6. The first-order valence-electron chi connectivity index (χ1n) is 9.66. The molecule has 2 heterocycles. The number of benzene rings is 1. The van der Waals surface area contributed by atoms with E-state index in [1.165, 1.54) is 64.0 Å². The van der Waals surface area contributed by atoms with Crippen molar-refractivity contribution in [2.75, 3.05) is 36.8 Å². The molecule has 0 bridgehead atoms. The van der Waals surface area contributed by atoms with Crippen molar-refractivity contribution in [3.05, 3.63) is 24.3 Å². The SMILES string of the molecule is Nc1ccc(N2CCCC3(CCN(C4CCC(O)CC4)C3)C2)cc1. The van der Waals surface area contributed by atoms with E-state index in [1.54, 1.807) is 0 Å². The molecule has 0 radical (unpaired) electrons. The molecule has 4 nitrogen and oxygen atoms in total. The number of piperidine rings is 1. The molecule has 1 aliphatic carbocycles. The summed E-state index contributed by atoms with van der Waals surface area (Å²) < 4.78 is 0. The van der Waals surface area contributed by atoms with Gasteiger partial charge in [-0.15, -0.1) is 0 Å². The average Bonchev–Trinajstić information content (AvgIpc) is 2.99. The lowest BCUT2D eigenvalue weighted by Gasteiger charge is -2.42. The van der Waals surface area contributed by atoms with Gasteiger partial charge in [0, 0.05) is 42.5 Å². The van der Waals surface area contributed by atoms with Crippen LogP contribution in [0.15, 0.2) is 24.3 Å². The Morgan fingerprint density at radius 1 is 0.958 bits per heavy atom. The Balaban J connectivity index is 1.41. The molecule has 3 N–H and O–H groups in total. The standard InChI is InChI=1S/C20H31N3O/c21-16-2-4-17(5-3-16)22-12-1-10-20(14-22)11-13-23(15-20)18-6-8-19(24)9-7-18/h2-5,18-19,24H,1,6-15,21H2. The van der Waals surface area contributed by atoms with Crippen molar-refractivity contribution in [1.82, 2.24) is 4.90 Å². The van der Waals surface area contributed by atoms with Crippen molar-refractivity contribution in [2.24, 2.45) is 5.41 Å². The van der Waals surface area contributed by atoms with Gasteiger partial charge in [-0.3, -0.25) is 4.90 Å². The van der Waals surface area contributed by atoms with Gasteiger partial charge < -0.3 is 15.7 Å². The van der Waals surface area contributed by atoms with E-state index in [0.717, 1.165) is 18.5 Å². The molecule has 1 spiro atoms. The summed E-state index contributed by atoms with van der Waals surface area (Å²) in [4.78, 5) is 5.30. The third kappa shape index (κ3) is 3.27. The van der Waals surface area contributed by atoms with Crippen LogP contribution in [-0.2, 0) is 0 Å². The average molecular weight is 329 g/mol. The lowest BCUT2D eigenvalue weighted by molar-refractivity contribution is 0.0770. The molecular formula is C20H31N3O. The van der Waals surface area contributed by atoms with Crippen LogP contribution < -0.4 is 10.6 Å². The van der Waals surface area contributed by atoms with Gasteiger partial charge in [-0.2, -0.15) is 0 Å². The summed E-state index contributed by atoms with van der Waals surface area (Å²) in [5, 5.41) is 9.76. The molecule has 3 aliphatic rings. The normalized spacial score (nSPS) is 34.8. The lowest BCUT2D eigenvalue weighted by atomic mass is 9.79. The highest BCUT2D eigenvalue weighted by Gasteiger charge is 2.43.